The largest absolute Gasteiger partial charge is 0.370 e. The van der Waals surface area contributed by atoms with Crippen LogP contribution in [0.1, 0.15) is 12.7 Å². The molecule has 0 aliphatic heterocycles. The van der Waals surface area contributed by atoms with E-state index in [1.54, 1.807) is 36.4 Å². The summed E-state index contributed by atoms with van der Waals surface area (Å²) in [5.41, 5.74) is 2.13. The van der Waals surface area contributed by atoms with Gasteiger partial charge in [0.25, 0.3) is 10.0 Å². The van der Waals surface area contributed by atoms with Crippen LogP contribution >= 0.6 is 11.7 Å². The summed E-state index contributed by atoms with van der Waals surface area (Å²) >= 11 is 0.982. The lowest BCUT2D eigenvalue weighted by molar-refractivity contribution is 0.602. The van der Waals surface area contributed by atoms with Crippen LogP contribution in [0.5, 0.6) is 0 Å². The van der Waals surface area contributed by atoms with Crippen molar-refractivity contribution in [1.82, 2.24) is 18.7 Å². The Morgan fingerprint density at radius 1 is 0.967 bits per heavy atom. The van der Waals surface area contributed by atoms with Crippen molar-refractivity contribution in [3.8, 4) is 0 Å². The molecule has 11 heteroatoms. The number of nitrogens with zero attached hydrogens (tertiary/aromatic N) is 4. The Labute approximate surface area is 178 Å². The zero-order chi connectivity index (χ0) is 21.1. The molecule has 9 nitrogen and oxygen atoms in total. The SMILES string of the molecule is CCNc1cc(Nc2ccc(NS(=O)(=O)c3cccc4nsnc34)cc2)nc(C)n1. The van der Waals surface area contributed by atoms with Gasteiger partial charge in [-0.05, 0) is 50.2 Å². The van der Waals surface area contributed by atoms with Crippen molar-refractivity contribution < 1.29 is 8.42 Å². The Hall–Kier alpha value is -3.31. The highest BCUT2D eigenvalue weighted by atomic mass is 32.2. The molecular formula is C19H19N7O2S2. The quantitative estimate of drug-likeness (QED) is 0.396. The van der Waals surface area contributed by atoms with E-state index in [0.29, 0.717) is 28.4 Å². The number of sulfonamides is 1. The molecule has 3 N–H and O–H groups in total. The van der Waals surface area contributed by atoms with Crippen molar-refractivity contribution in [2.45, 2.75) is 18.7 Å². The maximum Gasteiger partial charge on any atom is 0.264 e. The molecule has 0 saturated heterocycles. The van der Waals surface area contributed by atoms with Crippen LogP contribution in [0, 0.1) is 6.92 Å². The Balaban J connectivity index is 1.52. The fourth-order valence-corrected chi connectivity index (χ4v) is 4.71. The highest BCUT2D eigenvalue weighted by Crippen LogP contribution is 2.25. The summed E-state index contributed by atoms with van der Waals surface area (Å²) in [4.78, 5) is 8.79. The number of rotatable bonds is 7. The summed E-state index contributed by atoms with van der Waals surface area (Å²) in [6, 6.07) is 13.6. The molecule has 4 rings (SSSR count). The second-order valence-electron chi connectivity index (χ2n) is 6.41. The van der Waals surface area contributed by atoms with Crippen molar-refractivity contribution in [2.75, 3.05) is 21.9 Å². The van der Waals surface area contributed by atoms with E-state index >= 15 is 0 Å². The van der Waals surface area contributed by atoms with Gasteiger partial charge in [-0.15, -0.1) is 0 Å². The van der Waals surface area contributed by atoms with Crippen LogP contribution in [0.4, 0.5) is 23.0 Å². The predicted octanol–water partition coefficient (Wildman–Crippen LogP) is 3.77. The van der Waals surface area contributed by atoms with Crippen LogP contribution in [0.15, 0.2) is 53.4 Å². The highest BCUT2D eigenvalue weighted by Gasteiger charge is 2.19. The number of benzene rings is 2. The Kier molecular flexibility index (Phi) is 5.46. The summed E-state index contributed by atoms with van der Waals surface area (Å²) < 4.78 is 36.4. The number of hydrogen-bond donors (Lipinski definition) is 3. The number of fused-ring (bicyclic) bond motifs is 1. The Bertz CT molecular complexity index is 1290. The summed E-state index contributed by atoms with van der Waals surface area (Å²) in [6.45, 7) is 4.58. The van der Waals surface area contributed by atoms with Gasteiger partial charge in [-0.2, -0.15) is 8.75 Å². The van der Waals surface area contributed by atoms with Gasteiger partial charge in [0.1, 0.15) is 33.4 Å². The van der Waals surface area contributed by atoms with E-state index in [9.17, 15) is 8.42 Å². The predicted molar refractivity (Wildman–Crippen MR) is 119 cm³/mol. The Morgan fingerprint density at radius 3 is 2.47 bits per heavy atom. The van der Waals surface area contributed by atoms with Crippen LogP contribution in [-0.4, -0.2) is 33.7 Å². The molecule has 0 aliphatic rings. The highest BCUT2D eigenvalue weighted by molar-refractivity contribution is 7.93. The molecule has 0 bridgehead atoms. The van der Waals surface area contributed by atoms with E-state index in [2.05, 4.69) is 34.1 Å². The summed E-state index contributed by atoms with van der Waals surface area (Å²) in [5.74, 6) is 2.03. The molecule has 0 saturated carbocycles. The summed E-state index contributed by atoms with van der Waals surface area (Å²) in [7, 11) is -3.79. The molecule has 0 amide bonds. The lowest BCUT2D eigenvalue weighted by Crippen LogP contribution is -2.13. The number of anilines is 4. The molecule has 0 radical (unpaired) electrons. The van der Waals surface area contributed by atoms with E-state index in [1.165, 1.54) is 6.07 Å². The molecule has 0 fully saturated rings. The molecule has 154 valence electrons. The lowest BCUT2D eigenvalue weighted by Gasteiger charge is -2.11. The fourth-order valence-electron chi connectivity index (χ4n) is 2.88. The third kappa shape index (κ3) is 4.31. The number of aromatic nitrogens is 4. The van der Waals surface area contributed by atoms with E-state index in [4.69, 9.17) is 0 Å². The van der Waals surface area contributed by atoms with Gasteiger partial charge in [0.15, 0.2) is 0 Å². The molecule has 2 aromatic heterocycles. The van der Waals surface area contributed by atoms with Gasteiger partial charge in [-0.1, -0.05) is 6.07 Å². The van der Waals surface area contributed by atoms with Gasteiger partial charge in [-0.3, -0.25) is 4.72 Å². The van der Waals surface area contributed by atoms with Crippen LogP contribution in [0.2, 0.25) is 0 Å². The third-order valence-corrected chi connectivity index (χ3v) is 6.10. The molecule has 0 unspecified atom stereocenters. The first-order valence-corrected chi connectivity index (χ1v) is 11.4. The standard InChI is InChI=1S/C19H19N7O2S2/c1-3-20-17-11-18(22-12(2)21-17)23-13-7-9-14(10-8-13)26-30(27,28)16-6-4-5-15-19(16)25-29-24-15/h4-11,26H,3H2,1-2H3,(H2,20,21,22,23). The molecule has 4 aromatic rings. The van der Waals surface area contributed by atoms with E-state index in [1.807, 2.05) is 19.9 Å². The van der Waals surface area contributed by atoms with Crippen molar-refractivity contribution in [2.24, 2.45) is 0 Å². The van der Waals surface area contributed by atoms with E-state index in [0.717, 1.165) is 29.8 Å². The molecule has 30 heavy (non-hydrogen) atoms. The normalized spacial score (nSPS) is 11.4. The maximum absolute atomic E-state index is 12.8. The first-order valence-electron chi connectivity index (χ1n) is 9.15. The molecular weight excluding hydrogens is 422 g/mol. The second-order valence-corrected chi connectivity index (χ2v) is 8.59. The van der Waals surface area contributed by atoms with Crippen LogP contribution in [-0.2, 0) is 10.0 Å². The molecule has 0 aliphatic carbocycles. The minimum Gasteiger partial charge on any atom is -0.370 e. The van der Waals surface area contributed by atoms with Crippen molar-refractivity contribution in [1.29, 1.82) is 0 Å². The van der Waals surface area contributed by atoms with Crippen molar-refractivity contribution in [3.05, 3.63) is 54.4 Å². The van der Waals surface area contributed by atoms with Gasteiger partial charge < -0.3 is 10.6 Å². The molecule has 0 spiro atoms. The zero-order valence-corrected chi connectivity index (χ0v) is 17.9. The van der Waals surface area contributed by atoms with Crippen molar-refractivity contribution in [3.63, 3.8) is 0 Å². The molecule has 2 heterocycles. The molecule has 2 aromatic carbocycles. The van der Waals surface area contributed by atoms with Crippen molar-refractivity contribution >= 4 is 55.8 Å². The van der Waals surface area contributed by atoms with Gasteiger partial charge in [0, 0.05) is 24.0 Å². The van der Waals surface area contributed by atoms with E-state index < -0.39 is 10.0 Å². The fraction of sp³-hybridized carbons (Fsp3) is 0.158. The van der Waals surface area contributed by atoms with Crippen LogP contribution < -0.4 is 15.4 Å². The zero-order valence-electron chi connectivity index (χ0n) is 16.2. The first-order chi connectivity index (χ1) is 14.4. The van der Waals surface area contributed by atoms with Crippen LogP contribution in [0.25, 0.3) is 11.0 Å². The van der Waals surface area contributed by atoms with Gasteiger partial charge in [0.2, 0.25) is 0 Å². The topological polar surface area (TPSA) is 122 Å². The summed E-state index contributed by atoms with van der Waals surface area (Å²) in [6.07, 6.45) is 0. The van der Waals surface area contributed by atoms with Gasteiger partial charge in [-0.25, -0.2) is 18.4 Å². The van der Waals surface area contributed by atoms with E-state index in [-0.39, 0.29) is 4.90 Å². The monoisotopic (exact) mass is 441 g/mol. The van der Waals surface area contributed by atoms with Gasteiger partial charge >= 0.3 is 0 Å². The second kappa shape index (κ2) is 8.20. The number of aryl methyl sites for hydroxylation is 1. The Morgan fingerprint density at radius 2 is 1.70 bits per heavy atom. The lowest BCUT2D eigenvalue weighted by atomic mass is 10.3. The number of nitrogens with one attached hydrogen (secondary N) is 3. The summed E-state index contributed by atoms with van der Waals surface area (Å²) in [5, 5.41) is 6.36. The smallest absolute Gasteiger partial charge is 0.264 e. The minimum atomic E-state index is -3.79. The average Bonchev–Trinajstić information content (AvgIpc) is 3.18. The van der Waals surface area contributed by atoms with Gasteiger partial charge in [0.05, 0.1) is 11.7 Å². The van der Waals surface area contributed by atoms with Crippen LogP contribution in [0.3, 0.4) is 0 Å². The number of hydrogen-bond acceptors (Lipinski definition) is 9. The maximum atomic E-state index is 12.8. The minimum absolute atomic E-state index is 0.100. The average molecular weight is 442 g/mol. The third-order valence-electron chi connectivity index (χ3n) is 4.14. The first kappa shape index (κ1) is 20.0. The molecule has 0 atom stereocenters.